The smallest absolute Gasteiger partial charge is 0.252 e. The van der Waals surface area contributed by atoms with Gasteiger partial charge < -0.3 is 16.0 Å². The van der Waals surface area contributed by atoms with Gasteiger partial charge in [-0.05, 0) is 25.5 Å². The van der Waals surface area contributed by atoms with Gasteiger partial charge in [-0.15, -0.1) is 24.0 Å². The Morgan fingerprint density at radius 3 is 2.80 bits per heavy atom. The van der Waals surface area contributed by atoms with Crippen molar-refractivity contribution in [2.75, 3.05) is 31.1 Å². The standard InChI is InChI=1S/C15H23N5O3S.HI/c1-2-17-15(20-13-5-9-24(22,23)11-13)19-8-7-18-14(21)12-4-3-6-16-10-12;/h3-4,6,10,13H,2,5,7-9,11H2,1H3,(H,18,21)(H2,17,19,20);1H. The van der Waals surface area contributed by atoms with Gasteiger partial charge in [-0.3, -0.25) is 14.8 Å². The Hall–Kier alpha value is -1.43. The molecule has 25 heavy (non-hydrogen) atoms. The summed E-state index contributed by atoms with van der Waals surface area (Å²) in [5, 5.41) is 8.97. The molecule has 0 spiro atoms. The molecule has 0 radical (unpaired) electrons. The summed E-state index contributed by atoms with van der Waals surface area (Å²) in [7, 11) is -2.93. The summed E-state index contributed by atoms with van der Waals surface area (Å²) in [5.74, 6) is 0.716. The van der Waals surface area contributed by atoms with Crippen molar-refractivity contribution < 1.29 is 13.2 Å². The van der Waals surface area contributed by atoms with Crippen molar-refractivity contribution >= 4 is 45.7 Å². The van der Waals surface area contributed by atoms with E-state index in [9.17, 15) is 13.2 Å². The van der Waals surface area contributed by atoms with E-state index in [1.165, 1.54) is 6.20 Å². The molecule has 1 unspecified atom stereocenters. The molecule has 140 valence electrons. The molecule has 0 aliphatic carbocycles. The number of carbonyl (C=O) groups excluding carboxylic acids is 1. The second kappa shape index (κ2) is 10.5. The van der Waals surface area contributed by atoms with Gasteiger partial charge in [0.2, 0.25) is 0 Å². The number of nitrogens with zero attached hydrogens (tertiary/aromatic N) is 2. The lowest BCUT2D eigenvalue weighted by molar-refractivity contribution is 0.0954. The van der Waals surface area contributed by atoms with Crippen molar-refractivity contribution in [2.24, 2.45) is 4.99 Å². The Kier molecular flexibility index (Phi) is 9.11. The molecular formula is C15H24IN5O3S. The van der Waals surface area contributed by atoms with Gasteiger partial charge in [0.1, 0.15) is 0 Å². The van der Waals surface area contributed by atoms with Gasteiger partial charge >= 0.3 is 0 Å². The van der Waals surface area contributed by atoms with Crippen LogP contribution in [0, 0.1) is 0 Å². The zero-order chi connectivity index (χ0) is 17.4. The molecule has 1 aromatic rings. The number of pyridine rings is 1. The molecule has 0 aromatic carbocycles. The topological polar surface area (TPSA) is 113 Å². The third kappa shape index (κ3) is 7.55. The number of hydrogen-bond acceptors (Lipinski definition) is 5. The minimum atomic E-state index is -2.93. The largest absolute Gasteiger partial charge is 0.357 e. The van der Waals surface area contributed by atoms with Crippen LogP contribution in [-0.4, -0.2) is 62.5 Å². The van der Waals surface area contributed by atoms with E-state index in [2.05, 4.69) is 25.9 Å². The Balaban J connectivity index is 0.00000312. The van der Waals surface area contributed by atoms with Gasteiger partial charge in [-0.2, -0.15) is 0 Å². The Morgan fingerprint density at radius 2 is 2.20 bits per heavy atom. The molecule has 0 bridgehead atoms. The number of nitrogens with one attached hydrogen (secondary N) is 3. The predicted molar refractivity (Wildman–Crippen MR) is 108 cm³/mol. The fraction of sp³-hybridized carbons (Fsp3) is 0.533. The Labute approximate surface area is 165 Å². The highest BCUT2D eigenvalue weighted by Crippen LogP contribution is 2.10. The Morgan fingerprint density at radius 1 is 1.40 bits per heavy atom. The third-order valence-electron chi connectivity index (χ3n) is 3.51. The lowest BCUT2D eigenvalue weighted by Crippen LogP contribution is -2.44. The maximum absolute atomic E-state index is 11.9. The zero-order valence-electron chi connectivity index (χ0n) is 14.1. The summed E-state index contributed by atoms with van der Waals surface area (Å²) in [6.07, 6.45) is 3.70. The predicted octanol–water partition coefficient (Wildman–Crippen LogP) is 0.172. The van der Waals surface area contributed by atoms with E-state index < -0.39 is 9.84 Å². The molecule has 3 N–H and O–H groups in total. The van der Waals surface area contributed by atoms with Crippen molar-refractivity contribution in [1.29, 1.82) is 0 Å². The van der Waals surface area contributed by atoms with E-state index in [-0.39, 0.29) is 47.4 Å². The lowest BCUT2D eigenvalue weighted by atomic mass is 10.3. The van der Waals surface area contributed by atoms with E-state index in [0.29, 0.717) is 37.6 Å². The molecule has 1 aliphatic heterocycles. The highest BCUT2D eigenvalue weighted by molar-refractivity contribution is 14.0. The molecule has 10 heteroatoms. The quantitative estimate of drug-likeness (QED) is 0.231. The van der Waals surface area contributed by atoms with Crippen molar-refractivity contribution in [3.8, 4) is 0 Å². The first-order valence-corrected chi connectivity index (χ1v) is 9.76. The van der Waals surface area contributed by atoms with E-state index in [1.54, 1.807) is 18.3 Å². The lowest BCUT2D eigenvalue weighted by Gasteiger charge is -2.15. The summed E-state index contributed by atoms with van der Waals surface area (Å²) in [6.45, 7) is 3.38. The Bertz CT molecular complexity index is 682. The van der Waals surface area contributed by atoms with Crippen LogP contribution in [-0.2, 0) is 9.84 Å². The normalized spacial score (nSPS) is 18.9. The molecule has 2 heterocycles. The van der Waals surface area contributed by atoms with Crippen LogP contribution in [0.1, 0.15) is 23.7 Å². The first-order chi connectivity index (χ1) is 11.5. The summed E-state index contributed by atoms with van der Waals surface area (Å²) in [5.41, 5.74) is 0.502. The molecule has 2 rings (SSSR count). The molecule has 1 saturated heterocycles. The van der Waals surface area contributed by atoms with Crippen LogP contribution in [0.4, 0.5) is 0 Å². The SMILES string of the molecule is CCNC(=NCCNC(=O)c1cccnc1)NC1CCS(=O)(=O)C1.I. The summed E-state index contributed by atoms with van der Waals surface area (Å²) < 4.78 is 23.0. The van der Waals surface area contributed by atoms with Crippen LogP contribution in [0.25, 0.3) is 0 Å². The van der Waals surface area contributed by atoms with Crippen LogP contribution >= 0.6 is 24.0 Å². The van der Waals surface area contributed by atoms with Gasteiger partial charge in [0.25, 0.3) is 5.91 Å². The molecule has 1 atom stereocenters. The van der Waals surface area contributed by atoms with Gasteiger partial charge in [0, 0.05) is 31.5 Å². The van der Waals surface area contributed by atoms with Crippen molar-refractivity contribution in [3.63, 3.8) is 0 Å². The number of carbonyl (C=O) groups is 1. The van der Waals surface area contributed by atoms with Crippen LogP contribution in [0.2, 0.25) is 0 Å². The second-order valence-corrected chi connectivity index (χ2v) is 7.73. The monoisotopic (exact) mass is 481 g/mol. The number of guanidine groups is 1. The summed E-state index contributed by atoms with van der Waals surface area (Å²) >= 11 is 0. The highest BCUT2D eigenvalue weighted by Gasteiger charge is 2.28. The second-order valence-electron chi connectivity index (χ2n) is 5.50. The highest BCUT2D eigenvalue weighted by atomic mass is 127. The fourth-order valence-electron chi connectivity index (χ4n) is 2.36. The number of sulfone groups is 1. The number of halogens is 1. The van der Waals surface area contributed by atoms with E-state index in [1.807, 2.05) is 6.92 Å². The molecule has 1 amide bonds. The fourth-order valence-corrected chi connectivity index (χ4v) is 4.03. The van der Waals surface area contributed by atoms with E-state index >= 15 is 0 Å². The summed E-state index contributed by atoms with van der Waals surface area (Å²) in [6, 6.07) is 3.28. The van der Waals surface area contributed by atoms with Gasteiger partial charge in [-0.1, -0.05) is 0 Å². The number of amides is 1. The molecule has 1 aromatic heterocycles. The van der Waals surface area contributed by atoms with E-state index in [0.717, 1.165) is 0 Å². The van der Waals surface area contributed by atoms with Gasteiger partial charge in [0.15, 0.2) is 15.8 Å². The number of aliphatic imine (C=N–C) groups is 1. The van der Waals surface area contributed by atoms with Crippen molar-refractivity contribution in [3.05, 3.63) is 30.1 Å². The molecule has 1 aliphatic rings. The first kappa shape index (κ1) is 21.6. The first-order valence-electron chi connectivity index (χ1n) is 7.93. The van der Waals surface area contributed by atoms with Crippen molar-refractivity contribution in [1.82, 2.24) is 20.9 Å². The molecule has 8 nitrogen and oxygen atoms in total. The maximum atomic E-state index is 11.9. The minimum Gasteiger partial charge on any atom is -0.357 e. The van der Waals surface area contributed by atoms with E-state index in [4.69, 9.17) is 0 Å². The minimum absolute atomic E-state index is 0. The van der Waals surface area contributed by atoms with Crippen molar-refractivity contribution in [2.45, 2.75) is 19.4 Å². The maximum Gasteiger partial charge on any atom is 0.252 e. The van der Waals surface area contributed by atoms with Gasteiger partial charge in [-0.25, -0.2) is 8.42 Å². The molecule has 1 fully saturated rings. The number of hydrogen-bond donors (Lipinski definition) is 3. The van der Waals surface area contributed by atoms with Crippen LogP contribution in [0.3, 0.4) is 0 Å². The molecular weight excluding hydrogens is 457 g/mol. The number of rotatable bonds is 6. The van der Waals surface area contributed by atoms with Crippen LogP contribution < -0.4 is 16.0 Å². The average molecular weight is 481 g/mol. The summed E-state index contributed by atoms with van der Waals surface area (Å²) in [4.78, 5) is 20.1. The number of aromatic nitrogens is 1. The average Bonchev–Trinajstić information content (AvgIpc) is 2.91. The third-order valence-corrected chi connectivity index (χ3v) is 5.28. The zero-order valence-corrected chi connectivity index (χ0v) is 17.2. The molecule has 0 saturated carbocycles. The van der Waals surface area contributed by atoms with Gasteiger partial charge in [0.05, 0.1) is 23.6 Å². The van der Waals surface area contributed by atoms with Crippen LogP contribution in [0.15, 0.2) is 29.5 Å². The van der Waals surface area contributed by atoms with Crippen LogP contribution in [0.5, 0.6) is 0 Å².